The number of carbonyl (C=O) groups is 2. The lowest BCUT2D eigenvalue weighted by Gasteiger charge is -2.26. The van der Waals surface area contributed by atoms with Crippen molar-refractivity contribution in [3.8, 4) is 0 Å². The first-order valence-electron chi connectivity index (χ1n) is 7.86. The van der Waals surface area contributed by atoms with Gasteiger partial charge >= 0.3 is 0 Å². The van der Waals surface area contributed by atoms with Gasteiger partial charge in [0.15, 0.2) is 0 Å². The molecule has 0 atom stereocenters. The number of aromatic nitrogens is 1. The van der Waals surface area contributed by atoms with Gasteiger partial charge < -0.3 is 0 Å². The third kappa shape index (κ3) is 2.54. The first kappa shape index (κ1) is 15.2. The second-order valence-corrected chi connectivity index (χ2v) is 6.62. The summed E-state index contributed by atoms with van der Waals surface area (Å²) in [7, 11) is 0. The summed E-state index contributed by atoms with van der Waals surface area (Å²) in [5.74, 6) is -0.314. The van der Waals surface area contributed by atoms with Crippen molar-refractivity contribution < 1.29 is 9.59 Å². The number of rotatable bonds is 3. The Bertz CT molecular complexity index is 736. The molecule has 2 aromatic heterocycles. The number of amides is 2. The van der Waals surface area contributed by atoms with E-state index >= 15 is 0 Å². The molecular weight excluding hydrogens is 296 g/mol. The fraction of sp³-hybridized carbons (Fsp3) is 0.471. The normalized spacial score (nSPS) is 13.9. The van der Waals surface area contributed by atoms with Crippen LogP contribution >= 0.6 is 11.3 Å². The zero-order valence-corrected chi connectivity index (χ0v) is 13.8. The van der Waals surface area contributed by atoms with Crippen molar-refractivity contribution in [1.29, 1.82) is 0 Å². The van der Waals surface area contributed by atoms with Crippen LogP contribution in [0.5, 0.6) is 0 Å². The predicted molar refractivity (Wildman–Crippen MR) is 89.3 cm³/mol. The number of fused-ring (bicyclic) bond motifs is 2. The van der Waals surface area contributed by atoms with Gasteiger partial charge in [0.2, 0.25) is 11.8 Å². The van der Waals surface area contributed by atoms with E-state index in [4.69, 9.17) is 4.98 Å². The number of carbonyl (C=O) groups excluding carboxylic acids is 2. The summed E-state index contributed by atoms with van der Waals surface area (Å²) in [6.07, 6.45) is 5.17. The maximum absolute atomic E-state index is 12.5. The van der Waals surface area contributed by atoms with E-state index in [0.29, 0.717) is 6.42 Å². The lowest BCUT2D eigenvalue weighted by molar-refractivity contribution is -0.125. The minimum Gasteiger partial charge on any atom is -0.274 e. The number of pyridine rings is 1. The molecule has 5 heteroatoms. The van der Waals surface area contributed by atoms with Crippen LogP contribution in [0.3, 0.4) is 0 Å². The molecule has 2 heterocycles. The molecule has 116 valence electrons. The van der Waals surface area contributed by atoms with Crippen LogP contribution in [0.1, 0.15) is 50.8 Å². The van der Waals surface area contributed by atoms with Crippen LogP contribution in [0.15, 0.2) is 11.4 Å². The van der Waals surface area contributed by atoms with Crippen LogP contribution in [0.2, 0.25) is 0 Å². The molecule has 2 aromatic rings. The Morgan fingerprint density at radius 1 is 1.32 bits per heavy atom. The van der Waals surface area contributed by atoms with Crippen LogP contribution < -0.4 is 4.90 Å². The molecule has 1 aliphatic carbocycles. The Morgan fingerprint density at radius 2 is 2.09 bits per heavy atom. The molecule has 0 fully saturated rings. The van der Waals surface area contributed by atoms with E-state index in [1.165, 1.54) is 11.8 Å². The zero-order chi connectivity index (χ0) is 15.7. The van der Waals surface area contributed by atoms with Crippen molar-refractivity contribution in [2.75, 3.05) is 4.90 Å². The average molecular weight is 316 g/mol. The van der Waals surface area contributed by atoms with Gasteiger partial charge in [-0.25, -0.2) is 9.88 Å². The Morgan fingerprint density at radius 3 is 2.82 bits per heavy atom. The van der Waals surface area contributed by atoms with Gasteiger partial charge in [0.1, 0.15) is 4.83 Å². The molecule has 22 heavy (non-hydrogen) atoms. The molecule has 0 bridgehead atoms. The molecule has 0 unspecified atom stereocenters. The van der Waals surface area contributed by atoms with Crippen molar-refractivity contribution in [1.82, 2.24) is 4.98 Å². The molecule has 0 saturated carbocycles. The van der Waals surface area contributed by atoms with Gasteiger partial charge in [-0.1, -0.05) is 6.92 Å². The molecule has 0 aromatic carbocycles. The van der Waals surface area contributed by atoms with Crippen molar-refractivity contribution in [3.63, 3.8) is 0 Å². The highest BCUT2D eigenvalue weighted by Gasteiger charge is 2.28. The maximum Gasteiger partial charge on any atom is 0.233 e. The minimum atomic E-state index is -0.204. The van der Waals surface area contributed by atoms with Crippen LogP contribution in [-0.4, -0.2) is 16.8 Å². The van der Waals surface area contributed by atoms with Gasteiger partial charge in [-0.2, -0.15) is 0 Å². The molecule has 0 spiro atoms. The Balaban J connectivity index is 2.24. The minimum absolute atomic E-state index is 0.110. The quantitative estimate of drug-likeness (QED) is 0.864. The molecule has 0 radical (unpaired) electrons. The number of thiophene rings is 1. The van der Waals surface area contributed by atoms with E-state index in [1.807, 2.05) is 18.4 Å². The van der Waals surface area contributed by atoms with Gasteiger partial charge in [-0.15, -0.1) is 11.3 Å². The summed E-state index contributed by atoms with van der Waals surface area (Å²) < 4.78 is 0. The standard InChI is InChI=1S/C17H20N2O2S/c1-3-6-15(21)19(11(2)20)16-12-7-4-5-8-14(12)18-17-13(16)9-10-22-17/h9-10H,3-8H2,1-2H3. The van der Waals surface area contributed by atoms with Gasteiger partial charge in [-0.05, 0) is 49.1 Å². The summed E-state index contributed by atoms with van der Waals surface area (Å²) in [6.45, 7) is 3.43. The molecule has 0 aliphatic heterocycles. The Hall–Kier alpha value is -1.75. The monoisotopic (exact) mass is 316 g/mol. The molecule has 0 N–H and O–H groups in total. The largest absolute Gasteiger partial charge is 0.274 e. The second kappa shape index (κ2) is 6.16. The average Bonchev–Trinajstić information content (AvgIpc) is 2.94. The first-order chi connectivity index (χ1) is 10.6. The number of aryl methyl sites for hydroxylation is 1. The summed E-state index contributed by atoms with van der Waals surface area (Å²) in [5.41, 5.74) is 2.95. The predicted octanol–water partition coefficient (Wildman–Crippen LogP) is 3.85. The van der Waals surface area contributed by atoms with E-state index in [1.54, 1.807) is 11.3 Å². The lowest BCUT2D eigenvalue weighted by atomic mass is 9.93. The molecular formula is C17H20N2O2S. The van der Waals surface area contributed by atoms with E-state index in [9.17, 15) is 9.59 Å². The van der Waals surface area contributed by atoms with Crippen molar-refractivity contribution in [2.24, 2.45) is 0 Å². The molecule has 0 saturated heterocycles. The fourth-order valence-electron chi connectivity index (χ4n) is 3.16. The third-order valence-corrected chi connectivity index (χ3v) is 4.92. The summed E-state index contributed by atoms with van der Waals surface area (Å²) in [4.78, 5) is 31.8. The number of hydrogen-bond donors (Lipinski definition) is 0. The number of anilines is 1. The highest BCUT2D eigenvalue weighted by Crippen LogP contribution is 2.38. The molecule has 4 nitrogen and oxygen atoms in total. The van der Waals surface area contributed by atoms with E-state index in [2.05, 4.69) is 0 Å². The Kier molecular flexibility index (Phi) is 4.25. The fourth-order valence-corrected chi connectivity index (χ4v) is 3.95. The topological polar surface area (TPSA) is 50.3 Å². The molecule has 3 rings (SSSR count). The summed E-state index contributed by atoms with van der Waals surface area (Å²) >= 11 is 1.57. The van der Waals surface area contributed by atoms with Gasteiger partial charge in [0, 0.05) is 24.4 Å². The Labute approximate surface area is 134 Å². The van der Waals surface area contributed by atoms with Crippen molar-refractivity contribution in [2.45, 2.75) is 52.4 Å². The SMILES string of the molecule is CCCC(=O)N(C(C)=O)c1c2c(nc3sccc13)CCCC2. The van der Waals surface area contributed by atoms with Crippen molar-refractivity contribution in [3.05, 3.63) is 22.7 Å². The highest BCUT2D eigenvalue weighted by molar-refractivity contribution is 7.16. The van der Waals surface area contributed by atoms with Gasteiger partial charge in [0.05, 0.1) is 5.69 Å². The number of hydrogen-bond acceptors (Lipinski definition) is 4. The van der Waals surface area contributed by atoms with Crippen LogP contribution in [0.4, 0.5) is 5.69 Å². The number of imide groups is 1. The van der Waals surface area contributed by atoms with E-state index in [-0.39, 0.29) is 11.8 Å². The van der Waals surface area contributed by atoms with Crippen LogP contribution in [0.25, 0.3) is 10.2 Å². The smallest absolute Gasteiger partial charge is 0.233 e. The second-order valence-electron chi connectivity index (χ2n) is 5.73. The number of nitrogens with zero attached hydrogens (tertiary/aromatic N) is 2. The first-order valence-corrected chi connectivity index (χ1v) is 8.74. The lowest BCUT2D eigenvalue weighted by Crippen LogP contribution is -2.36. The highest BCUT2D eigenvalue weighted by atomic mass is 32.1. The van der Waals surface area contributed by atoms with E-state index in [0.717, 1.165) is 59.3 Å². The summed E-state index contributed by atoms with van der Waals surface area (Å²) in [5, 5.41) is 2.92. The van der Waals surface area contributed by atoms with Crippen LogP contribution in [-0.2, 0) is 22.4 Å². The molecule has 1 aliphatic rings. The van der Waals surface area contributed by atoms with Crippen molar-refractivity contribution >= 4 is 39.1 Å². The summed E-state index contributed by atoms with van der Waals surface area (Å²) in [6, 6.07) is 1.98. The maximum atomic E-state index is 12.5. The van der Waals surface area contributed by atoms with E-state index < -0.39 is 0 Å². The zero-order valence-electron chi connectivity index (χ0n) is 13.0. The molecule has 2 amide bonds. The van der Waals surface area contributed by atoms with Gasteiger partial charge in [-0.3, -0.25) is 9.59 Å². The third-order valence-electron chi connectivity index (χ3n) is 4.11. The van der Waals surface area contributed by atoms with Gasteiger partial charge in [0.25, 0.3) is 0 Å². The van der Waals surface area contributed by atoms with Crippen LogP contribution in [0, 0.1) is 0 Å².